The van der Waals surface area contributed by atoms with Crippen molar-refractivity contribution in [1.82, 2.24) is 20.3 Å². The molecular formula is C21H22N4O3. The molecule has 0 atom stereocenters. The van der Waals surface area contributed by atoms with Crippen molar-refractivity contribution in [3.8, 4) is 11.5 Å². The topological polar surface area (TPSA) is 89.3 Å². The fourth-order valence-electron chi connectivity index (χ4n) is 2.67. The number of ether oxygens (including phenoxy) is 1. The summed E-state index contributed by atoms with van der Waals surface area (Å²) in [4.78, 5) is 12.0. The maximum atomic E-state index is 12.0. The van der Waals surface area contributed by atoms with Gasteiger partial charge in [0.05, 0.1) is 26.4 Å². The van der Waals surface area contributed by atoms with Crippen molar-refractivity contribution in [2.75, 3.05) is 7.11 Å². The van der Waals surface area contributed by atoms with Gasteiger partial charge in [-0.1, -0.05) is 35.5 Å². The van der Waals surface area contributed by atoms with Gasteiger partial charge in [-0.05, 0) is 41.8 Å². The molecule has 0 fully saturated rings. The molecule has 0 saturated heterocycles. The zero-order chi connectivity index (χ0) is 19.9. The molecule has 7 nitrogen and oxygen atoms in total. The molecule has 144 valence electrons. The van der Waals surface area contributed by atoms with Crippen molar-refractivity contribution >= 4 is 12.0 Å². The van der Waals surface area contributed by atoms with Crippen LogP contribution in [0.4, 0.5) is 0 Å². The Morgan fingerprint density at radius 1 is 1.29 bits per heavy atom. The van der Waals surface area contributed by atoms with Gasteiger partial charge in [0.25, 0.3) is 0 Å². The molecule has 1 heterocycles. The molecule has 1 aromatic heterocycles. The van der Waals surface area contributed by atoms with Crippen LogP contribution in [0.25, 0.3) is 6.08 Å². The lowest BCUT2D eigenvalue weighted by Crippen LogP contribution is -2.20. The number of carbonyl (C=O) groups excluding carboxylic acids is 1. The summed E-state index contributed by atoms with van der Waals surface area (Å²) in [5, 5.41) is 20.6. The number of phenolic OH excluding ortho intramolecular Hbond substituents is 1. The van der Waals surface area contributed by atoms with E-state index in [0.29, 0.717) is 18.0 Å². The molecule has 3 rings (SSSR count). The minimum atomic E-state index is -0.250. The number of phenols is 1. The van der Waals surface area contributed by atoms with Gasteiger partial charge in [-0.15, -0.1) is 5.10 Å². The molecule has 0 aliphatic heterocycles. The minimum Gasteiger partial charge on any atom is -0.504 e. The van der Waals surface area contributed by atoms with Gasteiger partial charge in [0.15, 0.2) is 11.5 Å². The molecule has 2 aromatic carbocycles. The number of benzene rings is 2. The summed E-state index contributed by atoms with van der Waals surface area (Å²) in [6.45, 7) is 2.98. The van der Waals surface area contributed by atoms with E-state index in [1.807, 2.05) is 18.3 Å². The van der Waals surface area contributed by atoms with Crippen LogP contribution in [-0.2, 0) is 17.9 Å². The zero-order valence-electron chi connectivity index (χ0n) is 15.8. The average molecular weight is 378 g/mol. The molecule has 1 amide bonds. The quantitative estimate of drug-likeness (QED) is 0.617. The van der Waals surface area contributed by atoms with E-state index >= 15 is 0 Å². The highest BCUT2D eigenvalue weighted by Gasteiger charge is 2.05. The van der Waals surface area contributed by atoms with Crippen LogP contribution in [0.5, 0.6) is 11.5 Å². The maximum Gasteiger partial charge on any atom is 0.244 e. The van der Waals surface area contributed by atoms with Crippen molar-refractivity contribution in [2.45, 2.75) is 20.0 Å². The molecule has 0 unspecified atom stereocenters. The van der Waals surface area contributed by atoms with Crippen LogP contribution >= 0.6 is 0 Å². The Kier molecular flexibility index (Phi) is 6.06. The van der Waals surface area contributed by atoms with Crippen LogP contribution in [0.3, 0.4) is 0 Å². The third-order valence-electron chi connectivity index (χ3n) is 4.25. The number of carbonyl (C=O) groups is 1. The van der Waals surface area contributed by atoms with Gasteiger partial charge < -0.3 is 15.2 Å². The molecule has 2 N–H and O–H groups in total. The van der Waals surface area contributed by atoms with Crippen molar-refractivity contribution in [2.24, 2.45) is 0 Å². The second-order valence-corrected chi connectivity index (χ2v) is 6.32. The number of aromatic nitrogens is 3. The number of rotatable bonds is 7. The van der Waals surface area contributed by atoms with Crippen molar-refractivity contribution < 1.29 is 14.6 Å². The van der Waals surface area contributed by atoms with E-state index in [1.54, 1.807) is 22.9 Å². The fraction of sp³-hybridized carbons (Fsp3) is 0.190. The van der Waals surface area contributed by atoms with Gasteiger partial charge >= 0.3 is 0 Å². The normalized spacial score (nSPS) is 10.9. The Bertz CT molecular complexity index is 995. The second kappa shape index (κ2) is 8.85. The molecule has 7 heteroatoms. The summed E-state index contributed by atoms with van der Waals surface area (Å²) in [5.41, 5.74) is 3.80. The number of hydrogen-bond acceptors (Lipinski definition) is 5. The van der Waals surface area contributed by atoms with Crippen LogP contribution in [0, 0.1) is 6.92 Å². The van der Waals surface area contributed by atoms with E-state index in [1.165, 1.54) is 30.4 Å². The Hall–Kier alpha value is -3.61. The number of nitrogens with zero attached hydrogens (tertiary/aromatic N) is 3. The van der Waals surface area contributed by atoms with E-state index in [9.17, 15) is 9.90 Å². The second-order valence-electron chi connectivity index (χ2n) is 6.32. The number of amides is 1. The Morgan fingerprint density at radius 2 is 2.11 bits per heavy atom. The first kappa shape index (κ1) is 19.2. The number of aromatic hydroxyl groups is 1. The van der Waals surface area contributed by atoms with Gasteiger partial charge in [-0.3, -0.25) is 4.79 Å². The van der Waals surface area contributed by atoms with E-state index in [-0.39, 0.29) is 18.2 Å². The summed E-state index contributed by atoms with van der Waals surface area (Å²) >= 11 is 0. The standard InChI is InChI=1S/C21H22N4O3/c1-15-5-3-4-6-17(15)13-25-14-18(23-24-25)12-22-21(27)10-8-16-7-9-19(26)20(11-16)28-2/h3-11,14,26H,12-13H2,1-2H3,(H,22,27)/b10-8+. The highest BCUT2D eigenvalue weighted by molar-refractivity contribution is 5.91. The van der Waals surface area contributed by atoms with Crippen LogP contribution < -0.4 is 10.1 Å². The summed E-state index contributed by atoms with van der Waals surface area (Å²) in [6, 6.07) is 13.0. The third-order valence-corrected chi connectivity index (χ3v) is 4.25. The summed E-state index contributed by atoms with van der Waals surface area (Å²) in [5.74, 6) is 0.159. The van der Waals surface area contributed by atoms with Gasteiger partial charge in [-0.2, -0.15) is 0 Å². The smallest absolute Gasteiger partial charge is 0.244 e. The molecule has 0 saturated carbocycles. The molecule has 0 bridgehead atoms. The summed E-state index contributed by atoms with van der Waals surface area (Å²) in [7, 11) is 1.47. The molecule has 0 aliphatic rings. The maximum absolute atomic E-state index is 12.0. The van der Waals surface area contributed by atoms with E-state index in [0.717, 1.165) is 5.56 Å². The van der Waals surface area contributed by atoms with Crippen molar-refractivity contribution in [1.29, 1.82) is 0 Å². The molecule has 0 aliphatic carbocycles. The average Bonchev–Trinajstić information content (AvgIpc) is 3.15. The SMILES string of the molecule is COc1cc(/C=C/C(=O)NCc2cn(Cc3ccccc3C)nn2)ccc1O. The summed E-state index contributed by atoms with van der Waals surface area (Å²) < 4.78 is 6.80. The lowest BCUT2D eigenvalue weighted by Gasteiger charge is -2.04. The molecule has 0 spiro atoms. The van der Waals surface area contributed by atoms with Gasteiger partial charge in [0, 0.05) is 6.08 Å². The molecule has 28 heavy (non-hydrogen) atoms. The van der Waals surface area contributed by atoms with E-state index < -0.39 is 0 Å². The lowest BCUT2D eigenvalue weighted by atomic mass is 10.1. The number of methoxy groups -OCH3 is 1. The van der Waals surface area contributed by atoms with Gasteiger partial charge in [-0.25, -0.2) is 4.68 Å². The van der Waals surface area contributed by atoms with E-state index in [2.05, 4.69) is 34.7 Å². The predicted octanol–water partition coefficient (Wildman–Crippen LogP) is 2.68. The van der Waals surface area contributed by atoms with Gasteiger partial charge in [0.2, 0.25) is 5.91 Å². The van der Waals surface area contributed by atoms with Gasteiger partial charge in [0.1, 0.15) is 5.69 Å². The van der Waals surface area contributed by atoms with Crippen LogP contribution in [0.2, 0.25) is 0 Å². The first-order chi connectivity index (χ1) is 13.5. The Morgan fingerprint density at radius 3 is 2.89 bits per heavy atom. The molecular weight excluding hydrogens is 356 g/mol. The Labute approximate surface area is 163 Å². The first-order valence-corrected chi connectivity index (χ1v) is 8.81. The molecule has 3 aromatic rings. The highest BCUT2D eigenvalue weighted by atomic mass is 16.5. The van der Waals surface area contributed by atoms with Crippen LogP contribution in [0.15, 0.2) is 54.7 Å². The largest absolute Gasteiger partial charge is 0.504 e. The third kappa shape index (κ3) is 4.97. The molecule has 0 radical (unpaired) electrons. The minimum absolute atomic E-state index is 0.0536. The zero-order valence-corrected chi connectivity index (χ0v) is 15.8. The number of hydrogen-bond donors (Lipinski definition) is 2. The van der Waals surface area contributed by atoms with Crippen LogP contribution in [-0.4, -0.2) is 33.1 Å². The first-order valence-electron chi connectivity index (χ1n) is 8.81. The number of nitrogens with one attached hydrogen (secondary N) is 1. The van der Waals surface area contributed by atoms with E-state index in [4.69, 9.17) is 4.74 Å². The number of aryl methyl sites for hydroxylation is 1. The van der Waals surface area contributed by atoms with Crippen LogP contribution in [0.1, 0.15) is 22.4 Å². The Balaban J connectivity index is 1.54. The predicted molar refractivity (Wildman–Crippen MR) is 106 cm³/mol. The summed E-state index contributed by atoms with van der Waals surface area (Å²) in [6.07, 6.45) is 4.89. The van der Waals surface area contributed by atoms with Crippen molar-refractivity contribution in [3.05, 3.63) is 77.1 Å². The lowest BCUT2D eigenvalue weighted by molar-refractivity contribution is -0.116. The van der Waals surface area contributed by atoms with Crippen molar-refractivity contribution in [3.63, 3.8) is 0 Å². The fourth-order valence-corrected chi connectivity index (χ4v) is 2.67. The monoisotopic (exact) mass is 378 g/mol. The highest BCUT2D eigenvalue weighted by Crippen LogP contribution is 2.26.